The van der Waals surface area contributed by atoms with E-state index in [-0.39, 0.29) is 37.7 Å². The fourth-order valence-corrected chi connectivity index (χ4v) is 1.12. The van der Waals surface area contributed by atoms with Crippen LogP contribution in [-0.2, 0) is 0 Å². The molecular weight excluding hydrogens is 278 g/mol. The molecule has 118 valence electrons. The molecule has 0 heterocycles. The molecule has 0 aliphatic heterocycles. The molecule has 0 bridgehead atoms. The molecule has 0 fully saturated rings. The Morgan fingerprint density at radius 1 is 0.667 bits per heavy atom. The van der Waals surface area contributed by atoms with E-state index in [2.05, 4.69) is 52.0 Å². The second-order valence-electron chi connectivity index (χ2n) is 5.28. The topological polar surface area (TPSA) is 0 Å². The molecule has 0 aromatic heterocycles. The van der Waals surface area contributed by atoms with Gasteiger partial charge in [0.15, 0.2) is 0 Å². The van der Waals surface area contributed by atoms with Gasteiger partial charge in [-0.2, -0.15) is 48.5 Å². The van der Waals surface area contributed by atoms with Crippen LogP contribution in [0.1, 0.15) is 41.5 Å². The number of rotatable bonds is 1. The van der Waals surface area contributed by atoms with Crippen molar-refractivity contribution in [2.75, 3.05) is 0 Å². The molecule has 24 heavy (non-hydrogen) atoms. The maximum absolute atomic E-state index is 3.15. The minimum Gasteiger partial charge on any atom is -0.226 e. The van der Waals surface area contributed by atoms with Crippen LogP contribution in [0.3, 0.4) is 0 Å². The van der Waals surface area contributed by atoms with Crippen molar-refractivity contribution in [3.63, 3.8) is 0 Å². The van der Waals surface area contributed by atoms with Gasteiger partial charge in [-0.3, -0.25) is 0 Å². The van der Waals surface area contributed by atoms with E-state index in [9.17, 15) is 0 Å². The zero-order chi connectivity index (χ0) is 16.8. The van der Waals surface area contributed by atoms with Crippen molar-refractivity contribution in [3.8, 4) is 11.1 Å². The Balaban J connectivity index is -0.000000316. The van der Waals surface area contributed by atoms with Gasteiger partial charge in [-0.15, -0.1) is 12.1 Å². The third-order valence-corrected chi connectivity index (χ3v) is 2.86. The Morgan fingerprint density at radius 2 is 0.958 bits per heavy atom. The van der Waals surface area contributed by atoms with E-state index in [4.69, 9.17) is 0 Å². The molecule has 0 saturated heterocycles. The van der Waals surface area contributed by atoms with Crippen molar-refractivity contribution < 1.29 is 37.7 Å². The van der Waals surface area contributed by atoms with Gasteiger partial charge < -0.3 is 0 Å². The molecule has 0 unspecified atom stereocenters. The average molecular weight is 306 g/mol. The van der Waals surface area contributed by atoms with Gasteiger partial charge in [-0.05, 0) is 41.5 Å². The standard InChI is InChI=1S/C12H8.2C5H10.2Li/c1-3-7-11(8-4-1)12-9-5-2-6-10-12;2*1-4-5(2)3;;/h1-7,9H;2*4H,1-3H3;;/q-2;;;2*+1. The first-order chi connectivity index (χ1) is 10.5. The Bertz CT molecular complexity index is 494. The number of benzene rings is 2. The predicted molar refractivity (Wildman–Crippen MR) is 99.8 cm³/mol. The number of hydrogen-bond acceptors (Lipinski definition) is 0. The van der Waals surface area contributed by atoms with Gasteiger partial charge in [0.05, 0.1) is 0 Å². The molecule has 0 radical (unpaired) electrons. The summed E-state index contributed by atoms with van der Waals surface area (Å²) in [7, 11) is 0. The second-order valence-corrected chi connectivity index (χ2v) is 5.28. The van der Waals surface area contributed by atoms with E-state index >= 15 is 0 Å². The zero-order valence-corrected chi connectivity index (χ0v) is 16.8. The molecule has 0 amide bonds. The number of allylic oxidation sites excluding steroid dienone is 4. The van der Waals surface area contributed by atoms with Crippen LogP contribution < -0.4 is 37.7 Å². The molecule has 2 aromatic carbocycles. The predicted octanol–water partition coefficient (Wildman–Crippen LogP) is 0.907. The molecule has 0 saturated carbocycles. The molecule has 0 nitrogen and oxygen atoms in total. The fraction of sp³-hybridized carbons (Fsp3) is 0.273. The molecule has 2 aromatic rings. The van der Waals surface area contributed by atoms with Crippen molar-refractivity contribution >= 4 is 0 Å². The second kappa shape index (κ2) is 18.5. The third kappa shape index (κ3) is 16.0. The summed E-state index contributed by atoms with van der Waals surface area (Å²) in [5, 5.41) is 0. The van der Waals surface area contributed by atoms with Crippen LogP contribution in [0.2, 0.25) is 0 Å². The molecule has 0 N–H and O–H groups in total. The summed E-state index contributed by atoms with van der Waals surface area (Å²) in [4.78, 5) is 0. The summed E-state index contributed by atoms with van der Waals surface area (Å²) < 4.78 is 0. The van der Waals surface area contributed by atoms with Crippen LogP contribution >= 0.6 is 0 Å². The van der Waals surface area contributed by atoms with E-state index < -0.39 is 0 Å². The largest absolute Gasteiger partial charge is 1.00 e. The summed E-state index contributed by atoms with van der Waals surface area (Å²) in [6.45, 7) is 12.4. The summed E-state index contributed by atoms with van der Waals surface area (Å²) >= 11 is 0. The minimum atomic E-state index is 0. The van der Waals surface area contributed by atoms with Crippen molar-refractivity contribution in [2.45, 2.75) is 41.5 Å². The third-order valence-electron chi connectivity index (χ3n) is 2.86. The molecule has 2 rings (SSSR count). The Labute approximate surface area is 173 Å². The van der Waals surface area contributed by atoms with Crippen LogP contribution in [0, 0.1) is 12.1 Å². The minimum absolute atomic E-state index is 0. The van der Waals surface area contributed by atoms with Crippen LogP contribution in [-0.4, -0.2) is 0 Å². The van der Waals surface area contributed by atoms with Crippen molar-refractivity contribution in [2.24, 2.45) is 0 Å². The molecule has 0 spiro atoms. The maximum Gasteiger partial charge on any atom is 1.00 e. The van der Waals surface area contributed by atoms with E-state index in [1.165, 1.54) is 11.1 Å². The molecule has 0 aliphatic rings. The maximum atomic E-state index is 3.15. The molecular formula is C22H28Li2. The molecule has 0 atom stereocenters. The zero-order valence-electron chi connectivity index (χ0n) is 16.8. The SMILES string of the molecule is CC=C(C)C.CC=C(C)C.[Li+].[Li+].[c-]1ccccc1-c1[c-]cccc1. The monoisotopic (exact) mass is 306 g/mol. The normalized spacial score (nSPS) is 7.75. The fourth-order valence-electron chi connectivity index (χ4n) is 1.12. The van der Waals surface area contributed by atoms with E-state index in [1.54, 1.807) is 0 Å². The van der Waals surface area contributed by atoms with Gasteiger partial charge in [0.25, 0.3) is 0 Å². The van der Waals surface area contributed by atoms with Gasteiger partial charge in [0, 0.05) is 0 Å². The summed E-state index contributed by atoms with van der Waals surface area (Å²) in [6, 6.07) is 22.1. The summed E-state index contributed by atoms with van der Waals surface area (Å²) in [6.07, 6.45) is 4.17. The van der Waals surface area contributed by atoms with Crippen LogP contribution in [0.4, 0.5) is 0 Å². The first-order valence-electron chi connectivity index (χ1n) is 7.64. The van der Waals surface area contributed by atoms with Crippen molar-refractivity contribution in [3.05, 3.63) is 84.0 Å². The van der Waals surface area contributed by atoms with Gasteiger partial charge >= 0.3 is 37.7 Å². The van der Waals surface area contributed by atoms with E-state index in [0.717, 1.165) is 11.1 Å². The van der Waals surface area contributed by atoms with Gasteiger partial charge in [-0.1, -0.05) is 23.3 Å². The smallest absolute Gasteiger partial charge is 0.226 e. The molecule has 0 aliphatic carbocycles. The number of hydrogen-bond donors (Lipinski definition) is 0. The Morgan fingerprint density at radius 3 is 1.12 bits per heavy atom. The van der Waals surface area contributed by atoms with Crippen molar-refractivity contribution in [1.29, 1.82) is 0 Å². The van der Waals surface area contributed by atoms with Gasteiger partial charge in [0.1, 0.15) is 0 Å². The quantitative estimate of drug-likeness (QED) is 0.417. The summed E-state index contributed by atoms with van der Waals surface area (Å²) in [5.74, 6) is 0. The van der Waals surface area contributed by atoms with Crippen molar-refractivity contribution in [1.82, 2.24) is 0 Å². The molecule has 2 heteroatoms. The van der Waals surface area contributed by atoms with Gasteiger partial charge in [-0.25, -0.2) is 11.1 Å². The Kier molecular flexibility index (Phi) is 21.5. The van der Waals surface area contributed by atoms with E-state index in [1.807, 2.05) is 62.4 Å². The van der Waals surface area contributed by atoms with Crippen LogP contribution in [0.15, 0.2) is 71.8 Å². The average Bonchev–Trinajstić information content (AvgIpc) is 2.57. The van der Waals surface area contributed by atoms with Gasteiger partial charge in [0.2, 0.25) is 0 Å². The Hall–Kier alpha value is -0.885. The first kappa shape index (κ1) is 27.9. The first-order valence-corrected chi connectivity index (χ1v) is 7.64. The van der Waals surface area contributed by atoms with E-state index in [0.29, 0.717) is 0 Å². The summed E-state index contributed by atoms with van der Waals surface area (Å²) in [5.41, 5.74) is 4.95. The van der Waals surface area contributed by atoms with Crippen LogP contribution in [0.25, 0.3) is 11.1 Å². The van der Waals surface area contributed by atoms with Crippen LogP contribution in [0.5, 0.6) is 0 Å².